The fourth-order valence-corrected chi connectivity index (χ4v) is 2.04. The van der Waals surface area contributed by atoms with Crippen LogP contribution in [0, 0.1) is 5.41 Å². The van der Waals surface area contributed by atoms with E-state index in [2.05, 4.69) is 0 Å². The average Bonchev–Trinajstić information content (AvgIpc) is 2.27. The number of rotatable bonds is 4. The van der Waals surface area contributed by atoms with E-state index >= 15 is 0 Å². The lowest BCUT2D eigenvalue weighted by atomic mass is 9.75. The van der Waals surface area contributed by atoms with Crippen LogP contribution in [0.3, 0.4) is 0 Å². The van der Waals surface area contributed by atoms with Crippen LogP contribution in [0.15, 0.2) is 0 Å². The number of ether oxygens (including phenoxy) is 1. The first-order valence-electron chi connectivity index (χ1n) is 5.49. The minimum Gasteiger partial charge on any atom is -0.486 e. The van der Waals surface area contributed by atoms with Gasteiger partial charge in [-0.3, -0.25) is 0 Å². The van der Waals surface area contributed by atoms with Crippen molar-refractivity contribution in [1.29, 1.82) is 0 Å². The van der Waals surface area contributed by atoms with E-state index in [-0.39, 0.29) is 12.0 Å². The van der Waals surface area contributed by atoms with Crippen LogP contribution in [0.5, 0.6) is 0 Å². The van der Waals surface area contributed by atoms with Gasteiger partial charge in [0.15, 0.2) is 5.05 Å². The fourth-order valence-electron chi connectivity index (χ4n) is 1.99. The summed E-state index contributed by atoms with van der Waals surface area (Å²) in [6, 6.07) is 0. The minimum absolute atomic E-state index is 0.00250. The largest absolute Gasteiger partial charge is 0.486 e. The van der Waals surface area contributed by atoms with Crippen LogP contribution in [-0.2, 0) is 4.74 Å². The second kappa shape index (κ2) is 5.66. The van der Waals surface area contributed by atoms with Gasteiger partial charge in [0.05, 0.1) is 13.2 Å². The highest BCUT2D eigenvalue weighted by atomic mass is 32.1. The van der Waals surface area contributed by atoms with Gasteiger partial charge in [0.2, 0.25) is 0 Å². The molecule has 0 aliphatic heterocycles. The molecule has 0 bridgehead atoms. The third-order valence-electron chi connectivity index (χ3n) is 3.08. The zero-order valence-corrected chi connectivity index (χ0v) is 9.74. The van der Waals surface area contributed by atoms with Crippen molar-refractivity contribution in [3.8, 4) is 0 Å². The number of hydrogen-bond donors (Lipinski definition) is 1. The molecular weight excluding hydrogens is 196 g/mol. The topological polar surface area (TPSA) is 29.5 Å². The standard InChI is InChI=1S/C11H20O2S/c1-2-10(14)13-9-11(8-12)6-4-3-5-7-11/h12H,2-9H2,1H3. The number of thiocarbonyl (C=S) groups is 1. The lowest BCUT2D eigenvalue weighted by Gasteiger charge is -2.35. The van der Waals surface area contributed by atoms with Gasteiger partial charge in [-0.05, 0) is 25.1 Å². The third kappa shape index (κ3) is 3.21. The Hall–Kier alpha value is -0.150. The molecule has 0 unspecified atom stereocenters. The van der Waals surface area contributed by atoms with E-state index in [0.717, 1.165) is 19.3 Å². The summed E-state index contributed by atoms with van der Waals surface area (Å²) in [5.41, 5.74) is -0.00250. The molecule has 1 aliphatic rings. The van der Waals surface area contributed by atoms with Crippen molar-refractivity contribution >= 4 is 17.3 Å². The number of aliphatic hydroxyl groups is 1. The summed E-state index contributed by atoms with van der Waals surface area (Å²) >= 11 is 5.02. The summed E-state index contributed by atoms with van der Waals surface area (Å²) in [4.78, 5) is 0. The van der Waals surface area contributed by atoms with Crippen LogP contribution in [0.25, 0.3) is 0 Å². The molecule has 0 aromatic heterocycles. The van der Waals surface area contributed by atoms with Gasteiger partial charge < -0.3 is 9.84 Å². The molecule has 3 heteroatoms. The molecule has 2 nitrogen and oxygen atoms in total. The Morgan fingerprint density at radius 2 is 2.00 bits per heavy atom. The quantitative estimate of drug-likeness (QED) is 0.733. The predicted octanol–water partition coefficient (Wildman–Crippen LogP) is 2.68. The van der Waals surface area contributed by atoms with Crippen molar-refractivity contribution in [3.05, 3.63) is 0 Å². The monoisotopic (exact) mass is 216 g/mol. The van der Waals surface area contributed by atoms with Crippen molar-refractivity contribution in [3.63, 3.8) is 0 Å². The van der Waals surface area contributed by atoms with Gasteiger partial charge in [-0.15, -0.1) is 0 Å². The van der Waals surface area contributed by atoms with Gasteiger partial charge in [-0.25, -0.2) is 0 Å². The maximum absolute atomic E-state index is 9.40. The van der Waals surface area contributed by atoms with Gasteiger partial charge in [-0.1, -0.05) is 26.2 Å². The van der Waals surface area contributed by atoms with E-state index in [1.807, 2.05) is 6.92 Å². The predicted molar refractivity (Wildman–Crippen MR) is 61.4 cm³/mol. The first-order valence-corrected chi connectivity index (χ1v) is 5.90. The second-order valence-corrected chi connectivity index (χ2v) is 4.69. The fraction of sp³-hybridized carbons (Fsp3) is 0.909. The molecule has 0 radical (unpaired) electrons. The van der Waals surface area contributed by atoms with E-state index in [1.165, 1.54) is 19.3 Å². The lowest BCUT2D eigenvalue weighted by Crippen LogP contribution is -2.34. The Morgan fingerprint density at radius 3 is 2.50 bits per heavy atom. The maximum Gasteiger partial charge on any atom is 0.159 e. The zero-order valence-electron chi connectivity index (χ0n) is 8.92. The Bertz CT molecular complexity index is 186. The molecule has 1 aliphatic carbocycles. The highest BCUT2D eigenvalue weighted by molar-refractivity contribution is 7.80. The van der Waals surface area contributed by atoms with E-state index in [4.69, 9.17) is 17.0 Å². The SMILES string of the molecule is CCC(=S)OCC1(CO)CCCCC1. The molecule has 0 heterocycles. The molecule has 1 saturated carbocycles. The van der Waals surface area contributed by atoms with Crippen LogP contribution in [0.2, 0.25) is 0 Å². The van der Waals surface area contributed by atoms with Crippen molar-refractivity contribution in [2.75, 3.05) is 13.2 Å². The maximum atomic E-state index is 9.40. The van der Waals surface area contributed by atoms with Gasteiger partial charge in [0.25, 0.3) is 0 Å². The minimum atomic E-state index is -0.00250. The molecule has 0 spiro atoms. The van der Waals surface area contributed by atoms with Crippen LogP contribution in [-0.4, -0.2) is 23.4 Å². The van der Waals surface area contributed by atoms with Crippen molar-refractivity contribution < 1.29 is 9.84 Å². The van der Waals surface area contributed by atoms with E-state index < -0.39 is 0 Å². The second-order valence-electron chi connectivity index (χ2n) is 4.23. The normalized spacial score (nSPS) is 20.4. The zero-order chi connectivity index (χ0) is 10.4. The van der Waals surface area contributed by atoms with Crippen molar-refractivity contribution in [2.24, 2.45) is 5.41 Å². The van der Waals surface area contributed by atoms with E-state index in [9.17, 15) is 5.11 Å². The Kier molecular flexibility index (Phi) is 4.82. The molecular formula is C11H20O2S. The third-order valence-corrected chi connectivity index (χ3v) is 3.48. The first kappa shape index (κ1) is 11.9. The van der Waals surface area contributed by atoms with Crippen LogP contribution < -0.4 is 0 Å². The molecule has 0 amide bonds. The summed E-state index contributed by atoms with van der Waals surface area (Å²) in [6.07, 6.45) is 6.66. The van der Waals surface area contributed by atoms with Crippen LogP contribution in [0.1, 0.15) is 45.4 Å². The molecule has 14 heavy (non-hydrogen) atoms. The van der Waals surface area contributed by atoms with Gasteiger partial charge >= 0.3 is 0 Å². The summed E-state index contributed by atoms with van der Waals surface area (Å²) in [7, 11) is 0. The Morgan fingerprint density at radius 1 is 1.36 bits per heavy atom. The molecule has 0 saturated heterocycles. The van der Waals surface area contributed by atoms with Crippen LogP contribution >= 0.6 is 12.2 Å². The molecule has 0 aromatic rings. The summed E-state index contributed by atoms with van der Waals surface area (Å²) < 4.78 is 5.50. The van der Waals surface area contributed by atoms with Gasteiger partial charge in [0.1, 0.15) is 0 Å². The summed E-state index contributed by atoms with van der Waals surface area (Å²) in [5, 5.41) is 10.1. The highest BCUT2D eigenvalue weighted by Gasteiger charge is 2.32. The molecule has 1 N–H and O–H groups in total. The van der Waals surface area contributed by atoms with Crippen molar-refractivity contribution in [1.82, 2.24) is 0 Å². The number of aliphatic hydroxyl groups excluding tert-OH is 1. The molecule has 0 atom stereocenters. The van der Waals surface area contributed by atoms with Crippen molar-refractivity contribution in [2.45, 2.75) is 45.4 Å². The van der Waals surface area contributed by atoms with E-state index in [1.54, 1.807) is 0 Å². The molecule has 1 fully saturated rings. The number of hydrogen-bond acceptors (Lipinski definition) is 3. The molecule has 0 aromatic carbocycles. The first-order chi connectivity index (χ1) is 6.72. The van der Waals surface area contributed by atoms with Gasteiger partial charge in [0, 0.05) is 11.8 Å². The summed E-state index contributed by atoms with van der Waals surface area (Å²) in [6.45, 7) is 2.84. The molecule has 82 valence electrons. The highest BCUT2D eigenvalue weighted by Crippen LogP contribution is 2.36. The average molecular weight is 216 g/mol. The summed E-state index contributed by atoms with van der Waals surface area (Å²) in [5.74, 6) is 0. The Balaban J connectivity index is 2.39. The lowest BCUT2D eigenvalue weighted by molar-refractivity contribution is 0.0292. The van der Waals surface area contributed by atoms with Crippen LogP contribution in [0.4, 0.5) is 0 Å². The Labute approximate surface area is 91.6 Å². The smallest absolute Gasteiger partial charge is 0.159 e. The molecule has 1 rings (SSSR count). The van der Waals surface area contributed by atoms with Gasteiger partial charge in [-0.2, -0.15) is 0 Å². The van der Waals surface area contributed by atoms with E-state index in [0.29, 0.717) is 11.7 Å².